The van der Waals surface area contributed by atoms with E-state index in [0.29, 0.717) is 76.2 Å². The van der Waals surface area contributed by atoms with Gasteiger partial charge >= 0.3 is 0 Å². The number of aliphatic imine (C=N–C) groups is 4. The Balaban J connectivity index is 1.13. The van der Waals surface area contributed by atoms with E-state index in [9.17, 15) is 0 Å². The fraction of sp³-hybridized carbons (Fsp3) is 0.394. The number of hydrogen-bond donors (Lipinski definition) is 2. The van der Waals surface area contributed by atoms with Crippen molar-refractivity contribution >= 4 is 46.1 Å². The summed E-state index contributed by atoms with van der Waals surface area (Å²) < 4.78 is 23.7. The van der Waals surface area contributed by atoms with Gasteiger partial charge in [-0.15, -0.1) is 0 Å². The highest BCUT2D eigenvalue weighted by molar-refractivity contribution is 6.24. The van der Waals surface area contributed by atoms with E-state index in [4.69, 9.17) is 18.9 Å². The molecule has 2 atom stereocenters. The average Bonchev–Trinajstić information content (AvgIpc) is 3.84. The van der Waals surface area contributed by atoms with Crippen molar-refractivity contribution in [2.75, 3.05) is 63.2 Å². The number of hydrogen-bond acceptors (Lipinski definition) is 10. The smallest absolute Gasteiger partial charge is 0.216 e. The summed E-state index contributed by atoms with van der Waals surface area (Å²) in [7, 11) is 0. The van der Waals surface area contributed by atoms with Crippen LogP contribution < -0.4 is 10.6 Å². The van der Waals surface area contributed by atoms with Gasteiger partial charge in [0.15, 0.2) is 0 Å². The number of ether oxygens (including phenoxy) is 4. The maximum atomic E-state index is 5.96. The summed E-state index contributed by atoms with van der Waals surface area (Å²) in [6, 6.07) is 13.1. The van der Waals surface area contributed by atoms with Gasteiger partial charge in [0.2, 0.25) is 23.6 Å². The molecule has 8 rings (SSSR count). The minimum Gasteiger partial charge on any atom is -0.477 e. The van der Waals surface area contributed by atoms with Gasteiger partial charge in [0, 0.05) is 33.6 Å². The van der Waals surface area contributed by atoms with Crippen molar-refractivity contribution in [3.05, 3.63) is 70.8 Å². The third kappa shape index (κ3) is 4.56. The standard InChI is InChI=1S/C33H34N6O4/c1-32(30-36-9-13-42-30)18-24(28-34-7-11-40-28)22-16-20(3-5-26(22)38-32)15-21-4-6-27-23(17-21)25(29-35-8-12-41-29)19-33(2,39-27)31-37-10-14-43-31/h3-6,16-19,38-39H,7-15H2,1-2H3. The van der Waals surface area contributed by atoms with Crippen molar-refractivity contribution in [2.45, 2.75) is 31.3 Å². The van der Waals surface area contributed by atoms with Crippen LogP contribution >= 0.6 is 0 Å². The molecule has 2 aromatic carbocycles. The number of benzene rings is 2. The third-order valence-corrected chi connectivity index (χ3v) is 8.50. The molecule has 10 heteroatoms. The van der Waals surface area contributed by atoms with Gasteiger partial charge < -0.3 is 29.6 Å². The molecule has 6 aliphatic heterocycles. The molecule has 0 saturated heterocycles. The van der Waals surface area contributed by atoms with Crippen LogP contribution in [0.2, 0.25) is 0 Å². The van der Waals surface area contributed by atoms with E-state index < -0.39 is 11.1 Å². The van der Waals surface area contributed by atoms with Crippen molar-refractivity contribution in [1.82, 2.24) is 0 Å². The summed E-state index contributed by atoms with van der Waals surface area (Å²) in [4.78, 5) is 18.5. The molecule has 0 bridgehead atoms. The second kappa shape index (κ2) is 10.00. The molecule has 43 heavy (non-hydrogen) atoms. The van der Waals surface area contributed by atoms with Crippen molar-refractivity contribution < 1.29 is 18.9 Å². The highest BCUT2D eigenvalue weighted by atomic mass is 16.5. The zero-order valence-electron chi connectivity index (χ0n) is 24.4. The van der Waals surface area contributed by atoms with Gasteiger partial charge in [-0.1, -0.05) is 12.1 Å². The molecule has 10 nitrogen and oxygen atoms in total. The van der Waals surface area contributed by atoms with Gasteiger partial charge in [-0.05, 0) is 67.8 Å². The molecule has 0 saturated carbocycles. The lowest BCUT2D eigenvalue weighted by molar-refractivity contribution is 0.327. The van der Waals surface area contributed by atoms with Crippen LogP contribution in [0.5, 0.6) is 0 Å². The molecular formula is C33H34N6O4. The zero-order chi connectivity index (χ0) is 29.0. The molecule has 0 spiro atoms. The Morgan fingerprint density at radius 1 is 0.605 bits per heavy atom. The van der Waals surface area contributed by atoms with E-state index in [-0.39, 0.29) is 0 Å². The first-order valence-corrected chi connectivity index (χ1v) is 15.0. The van der Waals surface area contributed by atoms with Crippen LogP contribution in [-0.4, -0.2) is 87.3 Å². The summed E-state index contributed by atoms with van der Waals surface area (Å²) in [6.07, 6.45) is 5.04. The minimum atomic E-state index is -0.572. The Bertz CT molecular complexity index is 1580. The molecule has 220 valence electrons. The van der Waals surface area contributed by atoms with Crippen LogP contribution in [0.25, 0.3) is 11.1 Å². The molecule has 2 aromatic rings. The van der Waals surface area contributed by atoms with Crippen LogP contribution in [0, 0.1) is 0 Å². The number of nitrogens with one attached hydrogen (secondary N) is 2. The number of rotatable bonds is 6. The van der Waals surface area contributed by atoms with E-state index in [1.807, 2.05) is 0 Å². The Labute approximate surface area is 250 Å². The largest absolute Gasteiger partial charge is 0.477 e. The first-order valence-electron chi connectivity index (χ1n) is 15.0. The lowest BCUT2D eigenvalue weighted by Crippen LogP contribution is -2.44. The summed E-state index contributed by atoms with van der Waals surface area (Å²) in [5.74, 6) is 2.75. The van der Waals surface area contributed by atoms with Crippen molar-refractivity contribution in [2.24, 2.45) is 20.0 Å². The van der Waals surface area contributed by atoms with E-state index in [0.717, 1.165) is 40.1 Å². The lowest BCUT2D eigenvalue weighted by Gasteiger charge is -2.35. The Morgan fingerprint density at radius 3 is 1.44 bits per heavy atom. The molecule has 6 aliphatic rings. The second-order valence-corrected chi connectivity index (χ2v) is 11.8. The summed E-state index contributed by atoms with van der Waals surface area (Å²) in [5, 5.41) is 7.33. The van der Waals surface area contributed by atoms with Crippen LogP contribution in [0.4, 0.5) is 11.4 Å². The SMILES string of the molecule is CC1(C2=NCCO2)C=C(C2=NCCO2)c2cc(Cc3ccc4c(c3)C(C3=NCCO3)=CC(C)(C3=NCCO3)N4)ccc2N1. The monoisotopic (exact) mass is 578 g/mol. The Morgan fingerprint density at radius 2 is 1.05 bits per heavy atom. The Hall–Kier alpha value is -4.60. The van der Waals surface area contributed by atoms with Gasteiger partial charge in [-0.3, -0.25) is 0 Å². The van der Waals surface area contributed by atoms with E-state index in [2.05, 4.69) is 93.0 Å². The first-order chi connectivity index (χ1) is 21.0. The summed E-state index contributed by atoms with van der Waals surface area (Å²) in [5.41, 5.74) is 7.32. The average molecular weight is 579 g/mol. The molecule has 0 aromatic heterocycles. The van der Waals surface area contributed by atoms with Gasteiger partial charge in [0.1, 0.15) is 37.5 Å². The van der Waals surface area contributed by atoms with Crippen LogP contribution in [0.15, 0.2) is 68.5 Å². The quantitative estimate of drug-likeness (QED) is 0.534. The fourth-order valence-corrected chi connectivity index (χ4v) is 6.55. The first kappa shape index (κ1) is 26.1. The van der Waals surface area contributed by atoms with E-state index in [1.54, 1.807) is 0 Å². The molecular weight excluding hydrogens is 544 g/mol. The molecule has 0 amide bonds. The fourth-order valence-electron chi connectivity index (χ4n) is 6.55. The third-order valence-electron chi connectivity index (χ3n) is 8.50. The number of anilines is 2. The van der Waals surface area contributed by atoms with Crippen molar-refractivity contribution in [3.8, 4) is 0 Å². The topological polar surface area (TPSA) is 110 Å². The minimum absolute atomic E-state index is 0.572. The maximum Gasteiger partial charge on any atom is 0.216 e. The van der Waals surface area contributed by atoms with Gasteiger partial charge in [0.25, 0.3) is 0 Å². The number of fused-ring (bicyclic) bond motifs is 2. The zero-order valence-corrected chi connectivity index (χ0v) is 24.4. The lowest BCUT2D eigenvalue weighted by atomic mass is 9.86. The van der Waals surface area contributed by atoms with Crippen molar-refractivity contribution in [1.29, 1.82) is 0 Å². The molecule has 6 heterocycles. The Kier molecular flexibility index (Phi) is 6.06. The summed E-state index contributed by atoms with van der Waals surface area (Å²) >= 11 is 0. The molecule has 2 unspecified atom stereocenters. The molecule has 0 radical (unpaired) electrons. The molecule has 2 N–H and O–H groups in total. The van der Waals surface area contributed by atoms with Gasteiger partial charge in [-0.2, -0.15) is 0 Å². The van der Waals surface area contributed by atoms with Crippen LogP contribution in [0.3, 0.4) is 0 Å². The van der Waals surface area contributed by atoms with Gasteiger partial charge in [0.05, 0.1) is 26.2 Å². The van der Waals surface area contributed by atoms with Gasteiger partial charge in [-0.25, -0.2) is 20.0 Å². The normalized spacial score (nSPS) is 26.9. The van der Waals surface area contributed by atoms with E-state index >= 15 is 0 Å². The second-order valence-electron chi connectivity index (χ2n) is 11.8. The van der Waals surface area contributed by atoms with E-state index in [1.165, 1.54) is 11.1 Å². The highest BCUT2D eigenvalue weighted by Gasteiger charge is 2.40. The summed E-state index contributed by atoms with van der Waals surface area (Å²) in [6.45, 7) is 9.24. The van der Waals surface area contributed by atoms with Crippen LogP contribution in [0.1, 0.15) is 36.1 Å². The maximum absolute atomic E-state index is 5.96. The molecule has 0 fully saturated rings. The predicted molar refractivity (Wildman–Crippen MR) is 169 cm³/mol. The van der Waals surface area contributed by atoms with Crippen molar-refractivity contribution in [3.63, 3.8) is 0 Å². The number of nitrogens with zero attached hydrogens (tertiary/aromatic N) is 4. The highest BCUT2D eigenvalue weighted by Crippen LogP contribution is 2.40. The predicted octanol–water partition coefficient (Wildman–Crippen LogP) is 4.13. The molecule has 0 aliphatic carbocycles. The van der Waals surface area contributed by atoms with Crippen LogP contribution in [-0.2, 0) is 25.4 Å².